The lowest BCUT2D eigenvalue weighted by atomic mass is 10.4. The highest BCUT2D eigenvalue weighted by molar-refractivity contribution is 7.88. The van der Waals surface area contributed by atoms with E-state index < -0.39 is 10.0 Å². The molecule has 0 aromatic heterocycles. The minimum atomic E-state index is -3.03. The SMILES string of the molecule is CCOCCCNCCCNS(C)(=O)=O. The van der Waals surface area contributed by atoms with Crippen molar-refractivity contribution in [2.24, 2.45) is 0 Å². The summed E-state index contributed by atoms with van der Waals surface area (Å²) in [6.07, 6.45) is 2.97. The molecule has 0 atom stereocenters. The monoisotopic (exact) mass is 238 g/mol. The van der Waals surface area contributed by atoms with Crippen LogP contribution in [0.3, 0.4) is 0 Å². The first-order valence-electron chi connectivity index (χ1n) is 5.29. The largest absolute Gasteiger partial charge is 0.382 e. The van der Waals surface area contributed by atoms with E-state index in [1.807, 2.05) is 6.92 Å². The average molecular weight is 238 g/mol. The van der Waals surface area contributed by atoms with Crippen LogP contribution in [0.1, 0.15) is 19.8 Å². The summed E-state index contributed by atoms with van der Waals surface area (Å²) in [6.45, 7) is 5.76. The Morgan fingerprint density at radius 2 is 1.80 bits per heavy atom. The average Bonchev–Trinajstić information content (AvgIpc) is 2.14. The Labute approximate surface area is 92.6 Å². The van der Waals surface area contributed by atoms with Crippen LogP contribution in [0.5, 0.6) is 0 Å². The van der Waals surface area contributed by atoms with Gasteiger partial charge >= 0.3 is 0 Å². The van der Waals surface area contributed by atoms with E-state index in [4.69, 9.17) is 4.74 Å². The minimum Gasteiger partial charge on any atom is -0.382 e. The lowest BCUT2D eigenvalue weighted by Crippen LogP contribution is -2.26. The van der Waals surface area contributed by atoms with Gasteiger partial charge < -0.3 is 10.1 Å². The summed E-state index contributed by atoms with van der Waals surface area (Å²) in [5.74, 6) is 0. The van der Waals surface area contributed by atoms with Crippen molar-refractivity contribution in [2.45, 2.75) is 19.8 Å². The second-order valence-electron chi connectivity index (χ2n) is 3.32. The van der Waals surface area contributed by atoms with E-state index in [1.165, 1.54) is 6.26 Å². The Bertz CT molecular complexity index is 230. The molecule has 0 spiro atoms. The summed E-state index contributed by atoms with van der Waals surface area (Å²) in [5, 5.41) is 3.22. The molecule has 2 N–H and O–H groups in total. The molecule has 92 valence electrons. The van der Waals surface area contributed by atoms with Gasteiger partial charge in [-0.1, -0.05) is 0 Å². The van der Waals surface area contributed by atoms with Crippen molar-refractivity contribution in [1.29, 1.82) is 0 Å². The van der Waals surface area contributed by atoms with Crippen LogP contribution in [-0.2, 0) is 14.8 Å². The Hall–Kier alpha value is -0.170. The maximum Gasteiger partial charge on any atom is 0.208 e. The summed E-state index contributed by atoms with van der Waals surface area (Å²) in [7, 11) is -3.03. The minimum absolute atomic E-state index is 0.497. The molecule has 0 saturated carbocycles. The molecule has 0 aromatic rings. The van der Waals surface area contributed by atoms with Crippen LogP contribution in [0.15, 0.2) is 0 Å². The van der Waals surface area contributed by atoms with Crippen LogP contribution in [0.25, 0.3) is 0 Å². The molecule has 0 aromatic carbocycles. The number of rotatable bonds is 10. The number of hydrogen-bond donors (Lipinski definition) is 2. The van der Waals surface area contributed by atoms with Gasteiger partial charge in [-0.05, 0) is 32.9 Å². The molecular formula is C9H22N2O3S. The van der Waals surface area contributed by atoms with Crippen LogP contribution in [0.4, 0.5) is 0 Å². The molecule has 0 rings (SSSR count). The Morgan fingerprint density at radius 1 is 1.13 bits per heavy atom. The molecule has 0 amide bonds. The molecular weight excluding hydrogens is 216 g/mol. The van der Waals surface area contributed by atoms with Gasteiger partial charge in [0.25, 0.3) is 0 Å². The van der Waals surface area contributed by atoms with Gasteiger partial charge in [0.15, 0.2) is 0 Å². The second kappa shape index (κ2) is 9.08. The van der Waals surface area contributed by atoms with Gasteiger partial charge in [-0.3, -0.25) is 0 Å². The topological polar surface area (TPSA) is 67.4 Å². The zero-order valence-corrected chi connectivity index (χ0v) is 10.4. The zero-order chi connectivity index (χ0) is 11.6. The molecule has 0 aliphatic heterocycles. The van der Waals surface area contributed by atoms with Gasteiger partial charge in [-0.25, -0.2) is 13.1 Å². The molecule has 0 unspecified atom stereocenters. The number of ether oxygens (including phenoxy) is 1. The smallest absolute Gasteiger partial charge is 0.208 e. The van der Waals surface area contributed by atoms with Gasteiger partial charge in [0.1, 0.15) is 0 Å². The summed E-state index contributed by atoms with van der Waals surface area (Å²) in [6, 6.07) is 0. The standard InChI is InChI=1S/C9H22N2O3S/c1-3-14-9-5-7-10-6-4-8-11-15(2,12)13/h10-11H,3-9H2,1-2H3. The molecule has 15 heavy (non-hydrogen) atoms. The van der Waals surface area contributed by atoms with Gasteiger partial charge in [-0.2, -0.15) is 0 Å². The predicted octanol–water partition coefficient (Wildman–Crippen LogP) is -0.0581. The van der Waals surface area contributed by atoms with E-state index in [0.717, 1.165) is 39.1 Å². The quantitative estimate of drug-likeness (QED) is 0.523. The fraction of sp³-hybridized carbons (Fsp3) is 1.00. The first kappa shape index (κ1) is 14.8. The summed E-state index contributed by atoms with van der Waals surface area (Å²) in [5.41, 5.74) is 0. The fourth-order valence-electron chi connectivity index (χ4n) is 1.04. The molecule has 0 aliphatic rings. The van der Waals surface area contributed by atoms with E-state index in [9.17, 15) is 8.42 Å². The van der Waals surface area contributed by atoms with Crippen molar-refractivity contribution < 1.29 is 13.2 Å². The van der Waals surface area contributed by atoms with Crippen molar-refractivity contribution >= 4 is 10.0 Å². The van der Waals surface area contributed by atoms with Crippen LogP contribution in [-0.4, -0.2) is 47.5 Å². The van der Waals surface area contributed by atoms with Crippen molar-refractivity contribution in [3.8, 4) is 0 Å². The van der Waals surface area contributed by atoms with Crippen molar-refractivity contribution in [1.82, 2.24) is 10.0 Å². The molecule has 0 fully saturated rings. The van der Waals surface area contributed by atoms with Crippen LogP contribution < -0.4 is 10.0 Å². The Morgan fingerprint density at radius 3 is 2.40 bits per heavy atom. The molecule has 0 bridgehead atoms. The summed E-state index contributed by atoms with van der Waals surface area (Å²) in [4.78, 5) is 0. The molecule has 6 heteroatoms. The van der Waals surface area contributed by atoms with Crippen molar-refractivity contribution in [3.63, 3.8) is 0 Å². The Kier molecular flexibility index (Phi) is 8.98. The van der Waals surface area contributed by atoms with Crippen molar-refractivity contribution in [3.05, 3.63) is 0 Å². The van der Waals surface area contributed by atoms with Gasteiger partial charge in [-0.15, -0.1) is 0 Å². The lowest BCUT2D eigenvalue weighted by molar-refractivity contribution is 0.145. The second-order valence-corrected chi connectivity index (χ2v) is 5.15. The van der Waals surface area contributed by atoms with Crippen LogP contribution in [0.2, 0.25) is 0 Å². The van der Waals surface area contributed by atoms with Gasteiger partial charge in [0.2, 0.25) is 10.0 Å². The van der Waals surface area contributed by atoms with Gasteiger partial charge in [0, 0.05) is 19.8 Å². The van der Waals surface area contributed by atoms with E-state index in [-0.39, 0.29) is 0 Å². The summed E-state index contributed by atoms with van der Waals surface area (Å²) < 4.78 is 29.0. The highest BCUT2D eigenvalue weighted by Crippen LogP contribution is 1.82. The van der Waals surface area contributed by atoms with E-state index in [2.05, 4.69) is 10.0 Å². The number of sulfonamides is 1. The number of nitrogens with one attached hydrogen (secondary N) is 2. The highest BCUT2D eigenvalue weighted by Gasteiger charge is 1.97. The van der Waals surface area contributed by atoms with E-state index in [0.29, 0.717) is 6.54 Å². The fourth-order valence-corrected chi connectivity index (χ4v) is 1.55. The molecule has 5 nitrogen and oxygen atoms in total. The third-order valence-electron chi connectivity index (χ3n) is 1.74. The molecule has 0 radical (unpaired) electrons. The van der Waals surface area contributed by atoms with E-state index in [1.54, 1.807) is 0 Å². The third-order valence-corrected chi connectivity index (χ3v) is 2.47. The van der Waals surface area contributed by atoms with E-state index >= 15 is 0 Å². The maximum atomic E-state index is 10.7. The van der Waals surface area contributed by atoms with Crippen LogP contribution >= 0.6 is 0 Å². The maximum absolute atomic E-state index is 10.7. The number of hydrogen-bond acceptors (Lipinski definition) is 4. The molecule has 0 heterocycles. The zero-order valence-electron chi connectivity index (χ0n) is 9.58. The highest BCUT2D eigenvalue weighted by atomic mass is 32.2. The normalized spacial score (nSPS) is 11.9. The Balaban J connectivity index is 3.06. The van der Waals surface area contributed by atoms with Crippen LogP contribution in [0, 0.1) is 0 Å². The lowest BCUT2D eigenvalue weighted by Gasteiger charge is -2.05. The van der Waals surface area contributed by atoms with Crippen molar-refractivity contribution in [2.75, 3.05) is 39.1 Å². The summed E-state index contributed by atoms with van der Waals surface area (Å²) >= 11 is 0. The third kappa shape index (κ3) is 13.8. The predicted molar refractivity (Wildman–Crippen MR) is 61.4 cm³/mol. The van der Waals surface area contributed by atoms with Gasteiger partial charge in [0.05, 0.1) is 6.26 Å². The molecule has 0 saturated heterocycles. The first-order chi connectivity index (χ1) is 7.06. The first-order valence-corrected chi connectivity index (χ1v) is 7.18. The molecule has 0 aliphatic carbocycles.